The molecule has 0 bridgehead atoms. The number of nitrogens with zero attached hydrogens (tertiary/aromatic N) is 3. The molecule has 1 aromatic heterocycles. The van der Waals surface area contributed by atoms with Crippen LogP contribution in [0.25, 0.3) is 0 Å². The number of hydrogen-bond donors (Lipinski definition) is 0. The molecule has 1 heterocycles. The van der Waals surface area contributed by atoms with Gasteiger partial charge in [-0.3, -0.25) is 4.79 Å². The van der Waals surface area contributed by atoms with Gasteiger partial charge < -0.3 is 4.74 Å². The first kappa shape index (κ1) is 27.6. The summed E-state index contributed by atoms with van der Waals surface area (Å²) in [5.41, 5.74) is 0.679. The molecule has 0 saturated heterocycles. The highest BCUT2D eigenvalue weighted by Gasteiger charge is 2.35. The summed E-state index contributed by atoms with van der Waals surface area (Å²) in [5.74, 6) is -0.265. The summed E-state index contributed by atoms with van der Waals surface area (Å²) in [6.45, 7) is 17.5. The molecule has 0 N–H and O–H groups in total. The van der Waals surface area contributed by atoms with E-state index >= 15 is 0 Å². The zero-order chi connectivity index (χ0) is 23.5. The van der Waals surface area contributed by atoms with Crippen molar-refractivity contribution in [3.8, 4) is 0 Å². The molecule has 5 heteroatoms. The Morgan fingerprint density at radius 3 is 2.16 bits per heavy atom. The maximum Gasteiger partial charge on any atom is 0.309 e. The molecule has 0 radical (unpaired) electrons. The van der Waals surface area contributed by atoms with Crippen molar-refractivity contribution in [3.63, 3.8) is 0 Å². The highest BCUT2D eigenvalue weighted by Crippen LogP contribution is 2.37. The van der Waals surface area contributed by atoms with Gasteiger partial charge in [0.05, 0.1) is 18.2 Å². The van der Waals surface area contributed by atoms with Crippen molar-refractivity contribution in [2.24, 2.45) is 16.7 Å². The predicted octanol–water partition coefficient (Wildman–Crippen LogP) is 7.51. The van der Waals surface area contributed by atoms with E-state index in [1.165, 1.54) is 44.9 Å². The number of unbranched alkanes of at least 4 members (excludes halogenated alkanes) is 5. The number of hydrogen-bond acceptors (Lipinski definition) is 4. The summed E-state index contributed by atoms with van der Waals surface area (Å²) < 4.78 is 7.72. The molecule has 5 nitrogen and oxygen atoms in total. The molecule has 31 heavy (non-hydrogen) atoms. The van der Waals surface area contributed by atoms with Crippen molar-refractivity contribution in [3.05, 3.63) is 11.9 Å². The molecular formula is C26H49N3O2. The van der Waals surface area contributed by atoms with Gasteiger partial charge in [-0.1, -0.05) is 106 Å². The first-order valence-electron chi connectivity index (χ1n) is 12.5. The van der Waals surface area contributed by atoms with Gasteiger partial charge in [-0.25, -0.2) is 4.68 Å². The fourth-order valence-electron chi connectivity index (χ4n) is 3.99. The van der Waals surface area contributed by atoms with Crippen LogP contribution in [-0.2, 0) is 16.1 Å². The quantitative estimate of drug-likeness (QED) is 0.224. The molecule has 0 saturated carbocycles. The number of rotatable bonds is 14. The van der Waals surface area contributed by atoms with Gasteiger partial charge in [0.1, 0.15) is 12.3 Å². The molecule has 2 atom stereocenters. The van der Waals surface area contributed by atoms with Crippen LogP contribution in [0, 0.1) is 16.7 Å². The Kier molecular flexibility index (Phi) is 11.8. The summed E-state index contributed by atoms with van der Waals surface area (Å²) in [6.07, 6.45) is 13.9. The first-order valence-corrected chi connectivity index (χ1v) is 12.5. The van der Waals surface area contributed by atoms with Crippen molar-refractivity contribution in [1.29, 1.82) is 0 Å². The SMILES string of the molecule is CCCCCCCC(CCCC)n1cc(COC(=O)C(CC(C)(C)C)C(C)(C)C)nn1. The lowest BCUT2D eigenvalue weighted by atomic mass is 9.72. The van der Waals surface area contributed by atoms with E-state index in [1.54, 1.807) is 0 Å². The second-order valence-corrected chi connectivity index (χ2v) is 11.5. The minimum atomic E-state index is -0.136. The maximum absolute atomic E-state index is 12.9. The molecule has 1 aromatic rings. The van der Waals surface area contributed by atoms with Crippen LogP contribution in [0.15, 0.2) is 6.20 Å². The Balaban J connectivity index is 2.70. The van der Waals surface area contributed by atoms with Gasteiger partial charge in [-0.2, -0.15) is 0 Å². The summed E-state index contributed by atoms with van der Waals surface area (Å²) in [6, 6.07) is 0.391. The summed E-state index contributed by atoms with van der Waals surface area (Å²) in [5, 5.41) is 8.70. The third kappa shape index (κ3) is 11.2. The van der Waals surface area contributed by atoms with E-state index in [2.05, 4.69) is 65.7 Å². The van der Waals surface area contributed by atoms with Gasteiger partial charge in [0.15, 0.2) is 0 Å². The molecule has 180 valence electrons. The lowest BCUT2D eigenvalue weighted by molar-refractivity contribution is -0.155. The third-order valence-corrected chi connectivity index (χ3v) is 5.97. The van der Waals surface area contributed by atoms with Crippen LogP contribution in [0.2, 0.25) is 0 Å². The van der Waals surface area contributed by atoms with Gasteiger partial charge in [0, 0.05) is 0 Å². The molecule has 0 aliphatic heterocycles. The lowest BCUT2D eigenvalue weighted by Gasteiger charge is -2.33. The average molecular weight is 436 g/mol. The fraction of sp³-hybridized carbons (Fsp3) is 0.885. The van der Waals surface area contributed by atoms with Gasteiger partial charge in [-0.15, -0.1) is 5.10 Å². The highest BCUT2D eigenvalue weighted by atomic mass is 16.5. The Morgan fingerprint density at radius 1 is 0.968 bits per heavy atom. The van der Waals surface area contributed by atoms with Gasteiger partial charge >= 0.3 is 5.97 Å². The van der Waals surface area contributed by atoms with E-state index in [9.17, 15) is 4.79 Å². The van der Waals surface area contributed by atoms with E-state index in [0.717, 1.165) is 25.0 Å². The smallest absolute Gasteiger partial charge is 0.309 e. The van der Waals surface area contributed by atoms with E-state index < -0.39 is 0 Å². The fourth-order valence-corrected chi connectivity index (χ4v) is 3.99. The number of esters is 1. The van der Waals surface area contributed by atoms with Crippen LogP contribution >= 0.6 is 0 Å². The van der Waals surface area contributed by atoms with E-state index in [4.69, 9.17) is 4.74 Å². The molecule has 0 spiro atoms. The maximum atomic E-state index is 12.9. The number of aromatic nitrogens is 3. The minimum absolute atomic E-state index is 0.0731. The van der Waals surface area contributed by atoms with Crippen molar-refractivity contribution in [2.75, 3.05) is 0 Å². The second-order valence-electron chi connectivity index (χ2n) is 11.5. The number of carbonyl (C=O) groups excluding carboxylic acids is 1. The summed E-state index contributed by atoms with van der Waals surface area (Å²) >= 11 is 0. The Bertz CT molecular complexity index is 625. The molecule has 0 aromatic carbocycles. The minimum Gasteiger partial charge on any atom is -0.459 e. The Labute approximate surface area is 191 Å². The molecule has 1 rings (SSSR count). The zero-order valence-electron chi connectivity index (χ0n) is 21.7. The first-order chi connectivity index (χ1) is 14.5. The molecule has 2 unspecified atom stereocenters. The van der Waals surface area contributed by atoms with Crippen LogP contribution in [-0.4, -0.2) is 21.0 Å². The highest BCUT2D eigenvalue weighted by molar-refractivity contribution is 5.73. The van der Waals surface area contributed by atoms with Gasteiger partial charge in [0.25, 0.3) is 0 Å². The molecule has 0 amide bonds. The predicted molar refractivity (Wildman–Crippen MR) is 129 cm³/mol. The standard InChI is InChI=1S/C26H49N3O2/c1-9-11-13-14-15-17-22(16-12-10-2)29-19-21(27-28-29)20-31-24(30)23(26(6,7)8)18-25(3,4)5/h19,22-23H,9-18,20H2,1-8H3. The van der Waals surface area contributed by atoms with E-state index in [-0.39, 0.29) is 29.3 Å². The average Bonchev–Trinajstić information content (AvgIpc) is 3.14. The molecule has 0 aliphatic carbocycles. The van der Waals surface area contributed by atoms with E-state index in [1.807, 2.05) is 10.9 Å². The summed E-state index contributed by atoms with van der Waals surface area (Å²) in [7, 11) is 0. The van der Waals surface area contributed by atoms with Crippen LogP contribution in [0.5, 0.6) is 0 Å². The van der Waals surface area contributed by atoms with Gasteiger partial charge in [0.2, 0.25) is 0 Å². The van der Waals surface area contributed by atoms with Crippen molar-refractivity contribution < 1.29 is 9.53 Å². The zero-order valence-corrected chi connectivity index (χ0v) is 21.7. The molecular weight excluding hydrogens is 386 g/mol. The van der Waals surface area contributed by atoms with Crippen molar-refractivity contribution in [2.45, 2.75) is 132 Å². The largest absolute Gasteiger partial charge is 0.459 e. The Hall–Kier alpha value is -1.39. The van der Waals surface area contributed by atoms with Crippen LogP contribution < -0.4 is 0 Å². The van der Waals surface area contributed by atoms with Crippen LogP contribution in [0.4, 0.5) is 0 Å². The van der Waals surface area contributed by atoms with E-state index in [0.29, 0.717) is 6.04 Å². The van der Waals surface area contributed by atoms with Crippen molar-refractivity contribution >= 4 is 5.97 Å². The van der Waals surface area contributed by atoms with Crippen LogP contribution in [0.3, 0.4) is 0 Å². The lowest BCUT2D eigenvalue weighted by Crippen LogP contribution is -2.33. The Morgan fingerprint density at radius 2 is 1.58 bits per heavy atom. The normalized spacial score (nSPS) is 14.5. The second kappa shape index (κ2) is 13.2. The van der Waals surface area contributed by atoms with Crippen molar-refractivity contribution in [1.82, 2.24) is 15.0 Å². The topological polar surface area (TPSA) is 57.0 Å². The van der Waals surface area contributed by atoms with Gasteiger partial charge in [-0.05, 0) is 30.1 Å². The number of ether oxygens (including phenoxy) is 1. The number of carbonyl (C=O) groups is 1. The monoisotopic (exact) mass is 435 g/mol. The third-order valence-electron chi connectivity index (χ3n) is 5.97. The van der Waals surface area contributed by atoms with Crippen LogP contribution in [0.1, 0.15) is 131 Å². The molecule has 0 aliphatic rings. The molecule has 0 fully saturated rings. The summed E-state index contributed by atoms with van der Waals surface area (Å²) in [4.78, 5) is 12.9.